The Morgan fingerprint density at radius 3 is 3.00 bits per heavy atom. The third-order valence-corrected chi connectivity index (χ3v) is 3.45. The molecule has 0 N–H and O–H groups in total. The number of allylic oxidation sites excluding steroid dienone is 1. The molecule has 0 aliphatic carbocycles. The summed E-state index contributed by atoms with van der Waals surface area (Å²) in [5, 5.41) is 9.25. The van der Waals surface area contributed by atoms with Gasteiger partial charge < -0.3 is 4.90 Å². The highest BCUT2D eigenvalue weighted by atomic mass is 16.2. The number of rotatable bonds is 5. The first kappa shape index (κ1) is 15.0. The van der Waals surface area contributed by atoms with Gasteiger partial charge in [-0.2, -0.15) is 5.26 Å². The maximum absolute atomic E-state index is 11.9. The van der Waals surface area contributed by atoms with Crippen molar-refractivity contribution in [1.29, 1.82) is 5.26 Å². The van der Waals surface area contributed by atoms with Crippen LogP contribution in [0.2, 0.25) is 0 Å². The van der Waals surface area contributed by atoms with Crippen LogP contribution >= 0.6 is 0 Å². The minimum Gasteiger partial charge on any atom is -0.337 e. The predicted molar refractivity (Wildman–Crippen MR) is 83.6 cm³/mol. The van der Waals surface area contributed by atoms with E-state index in [2.05, 4.69) is 24.6 Å². The second-order valence-corrected chi connectivity index (χ2v) is 5.09. The fourth-order valence-corrected chi connectivity index (χ4v) is 2.49. The van der Waals surface area contributed by atoms with Gasteiger partial charge in [-0.05, 0) is 24.5 Å². The number of hydrogen-bond acceptors (Lipinski definition) is 3. The quantitative estimate of drug-likeness (QED) is 0.779. The van der Waals surface area contributed by atoms with Gasteiger partial charge in [0.05, 0.1) is 24.2 Å². The molecular formula is C17H19N3O. The van der Waals surface area contributed by atoms with E-state index in [-0.39, 0.29) is 5.91 Å². The average molecular weight is 281 g/mol. The zero-order valence-corrected chi connectivity index (χ0v) is 12.3. The maximum atomic E-state index is 11.9. The molecule has 0 atom stereocenters. The molecule has 0 saturated carbocycles. The van der Waals surface area contributed by atoms with Crippen molar-refractivity contribution in [1.82, 2.24) is 4.90 Å². The second-order valence-electron chi connectivity index (χ2n) is 5.09. The Morgan fingerprint density at radius 2 is 2.33 bits per heavy atom. The van der Waals surface area contributed by atoms with Crippen molar-refractivity contribution >= 4 is 17.3 Å². The van der Waals surface area contributed by atoms with E-state index in [1.165, 1.54) is 0 Å². The number of nitriles is 1. The predicted octanol–water partition coefficient (Wildman–Crippen LogP) is 3.00. The van der Waals surface area contributed by atoms with E-state index in [0.29, 0.717) is 30.6 Å². The van der Waals surface area contributed by atoms with Gasteiger partial charge in [0.15, 0.2) is 0 Å². The van der Waals surface area contributed by atoms with Gasteiger partial charge in [0.2, 0.25) is 5.91 Å². The smallest absolute Gasteiger partial charge is 0.228 e. The first-order valence-electron chi connectivity index (χ1n) is 7.16. The molecule has 2 rings (SSSR count). The van der Waals surface area contributed by atoms with Gasteiger partial charge in [-0.15, -0.1) is 6.58 Å². The number of hydrogen-bond donors (Lipinski definition) is 0. The lowest BCUT2D eigenvalue weighted by Crippen LogP contribution is -2.25. The summed E-state index contributed by atoms with van der Waals surface area (Å²) in [6, 6.07) is 7.73. The summed E-state index contributed by atoms with van der Waals surface area (Å²) >= 11 is 0. The van der Waals surface area contributed by atoms with Crippen molar-refractivity contribution in [2.24, 2.45) is 4.99 Å². The summed E-state index contributed by atoms with van der Waals surface area (Å²) in [4.78, 5) is 18.3. The molecule has 1 aromatic carbocycles. The molecule has 4 nitrogen and oxygen atoms in total. The van der Waals surface area contributed by atoms with Gasteiger partial charge >= 0.3 is 0 Å². The molecule has 1 aromatic rings. The summed E-state index contributed by atoms with van der Waals surface area (Å²) in [5.41, 5.74) is 3.03. The Labute approximate surface area is 125 Å². The topological polar surface area (TPSA) is 56.5 Å². The standard InChI is InChI=1S/C17H19N3O/c1-3-6-13-7-5-8-14(11-18)17(13)19-15-10-16(21)20(12-15)9-4-2/h3,5,7-8H,1,4,6,9-10,12H2,2H3. The van der Waals surface area contributed by atoms with Gasteiger partial charge in [-0.25, -0.2) is 0 Å². The fraction of sp³-hybridized carbons (Fsp3) is 0.353. The monoisotopic (exact) mass is 281 g/mol. The number of nitrogens with zero attached hydrogens (tertiary/aromatic N) is 3. The van der Waals surface area contributed by atoms with E-state index in [1.807, 2.05) is 17.0 Å². The van der Waals surface area contributed by atoms with Crippen LogP contribution in [0.3, 0.4) is 0 Å². The van der Waals surface area contributed by atoms with Crippen molar-refractivity contribution in [3.63, 3.8) is 0 Å². The molecule has 1 amide bonds. The van der Waals surface area contributed by atoms with E-state index in [9.17, 15) is 10.1 Å². The first-order chi connectivity index (χ1) is 10.2. The van der Waals surface area contributed by atoms with E-state index in [4.69, 9.17) is 0 Å². The van der Waals surface area contributed by atoms with Crippen molar-refractivity contribution in [3.05, 3.63) is 42.0 Å². The number of carbonyl (C=O) groups is 1. The highest BCUT2D eigenvalue weighted by molar-refractivity contribution is 6.09. The third kappa shape index (κ3) is 3.38. The molecule has 0 unspecified atom stereocenters. The second kappa shape index (κ2) is 6.85. The molecule has 1 aliphatic rings. The summed E-state index contributed by atoms with van der Waals surface area (Å²) in [6.45, 7) is 7.12. The number of amides is 1. The third-order valence-electron chi connectivity index (χ3n) is 3.45. The van der Waals surface area contributed by atoms with Crippen LogP contribution in [0.15, 0.2) is 35.8 Å². The summed E-state index contributed by atoms with van der Waals surface area (Å²) in [5.74, 6) is 0.121. The van der Waals surface area contributed by atoms with Crippen LogP contribution in [0.25, 0.3) is 0 Å². The van der Waals surface area contributed by atoms with Gasteiger partial charge in [-0.1, -0.05) is 25.1 Å². The maximum Gasteiger partial charge on any atom is 0.228 e. The lowest BCUT2D eigenvalue weighted by atomic mass is 10.0. The largest absolute Gasteiger partial charge is 0.337 e. The summed E-state index contributed by atoms with van der Waals surface area (Å²) < 4.78 is 0. The Bertz CT molecular complexity index is 625. The molecule has 108 valence electrons. The van der Waals surface area contributed by atoms with Gasteiger partial charge in [0, 0.05) is 12.3 Å². The Morgan fingerprint density at radius 1 is 1.52 bits per heavy atom. The van der Waals surface area contributed by atoms with E-state index in [1.54, 1.807) is 12.1 Å². The van der Waals surface area contributed by atoms with Crippen LogP contribution in [0.5, 0.6) is 0 Å². The van der Waals surface area contributed by atoms with Crippen LogP contribution in [-0.2, 0) is 11.2 Å². The van der Waals surface area contributed by atoms with Crippen LogP contribution in [0.4, 0.5) is 5.69 Å². The van der Waals surface area contributed by atoms with Gasteiger partial charge in [0.1, 0.15) is 6.07 Å². The van der Waals surface area contributed by atoms with Gasteiger partial charge in [0.25, 0.3) is 0 Å². The molecule has 4 heteroatoms. The molecular weight excluding hydrogens is 262 g/mol. The lowest BCUT2D eigenvalue weighted by molar-refractivity contribution is -0.127. The number of benzene rings is 1. The normalized spacial score (nSPS) is 16.3. The number of carbonyl (C=O) groups excluding carboxylic acids is 1. The van der Waals surface area contributed by atoms with Gasteiger partial charge in [-0.3, -0.25) is 9.79 Å². The average Bonchev–Trinajstić information content (AvgIpc) is 2.81. The molecule has 0 radical (unpaired) electrons. The molecule has 0 spiro atoms. The van der Waals surface area contributed by atoms with Crippen molar-refractivity contribution in [2.45, 2.75) is 26.2 Å². The Balaban J connectivity index is 2.35. The van der Waals surface area contributed by atoms with Crippen LogP contribution in [0, 0.1) is 11.3 Å². The molecule has 1 aliphatic heterocycles. The van der Waals surface area contributed by atoms with Crippen molar-refractivity contribution in [3.8, 4) is 6.07 Å². The molecule has 0 bridgehead atoms. The molecule has 1 heterocycles. The minimum atomic E-state index is 0.121. The van der Waals surface area contributed by atoms with Crippen LogP contribution < -0.4 is 0 Å². The summed E-state index contributed by atoms with van der Waals surface area (Å²) in [7, 11) is 0. The van der Waals surface area contributed by atoms with Crippen LogP contribution in [0.1, 0.15) is 30.9 Å². The van der Waals surface area contributed by atoms with Crippen molar-refractivity contribution in [2.75, 3.05) is 13.1 Å². The zero-order chi connectivity index (χ0) is 15.2. The Hall–Kier alpha value is -2.41. The van der Waals surface area contributed by atoms with Crippen molar-refractivity contribution < 1.29 is 4.79 Å². The highest BCUT2D eigenvalue weighted by Gasteiger charge is 2.25. The van der Waals surface area contributed by atoms with Crippen LogP contribution in [-0.4, -0.2) is 29.6 Å². The minimum absolute atomic E-state index is 0.121. The number of para-hydroxylation sites is 1. The Kier molecular flexibility index (Phi) is 4.89. The molecule has 21 heavy (non-hydrogen) atoms. The van der Waals surface area contributed by atoms with E-state index in [0.717, 1.165) is 24.2 Å². The number of likely N-dealkylation sites (tertiary alicyclic amines) is 1. The fourth-order valence-electron chi connectivity index (χ4n) is 2.49. The van der Waals surface area contributed by atoms with E-state index < -0.39 is 0 Å². The molecule has 0 aromatic heterocycles. The first-order valence-corrected chi connectivity index (χ1v) is 7.16. The van der Waals surface area contributed by atoms with E-state index >= 15 is 0 Å². The molecule has 1 saturated heterocycles. The SMILES string of the molecule is C=CCc1cccc(C#N)c1N=C1CC(=O)N(CCC)C1. The lowest BCUT2D eigenvalue weighted by Gasteiger charge is -2.12. The molecule has 1 fully saturated rings. The summed E-state index contributed by atoms with van der Waals surface area (Å²) in [6.07, 6.45) is 3.75. The number of aliphatic imine (C=N–C) groups is 1. The zero-order valence-electron chi connectivity index (χ0n) is 12.3. The highest BCUT2D eigenvalue weighted by Crippen LogP contribution is 2.26.